The highest BCUT2D eigenvalue weighted by molar-refractivity contribution is 5.85. The van der Waals surface area contributed by atoms with Crippen molar-refractivity contribution in [1.29, 1.82) is 0 Å². The van der Waals surface area contributed by atoms with E-state index in [-0.39, 0.29) is 11.7 Å². The summed E-state index contributed by atoms with van der Waals surface area (Å²) in [6.45, 7) is 6.97. The monoisotopic (exact) mass is 362 g/mol. The summed E-state index contributed by atoms with van der Waals surface area (Å²) in [6, 6.07) is 13.8. The Bertz CT molecular complexity index is 922. The molecule has 0 spiro atoms. The Hall–Kier alpha value is -2.55. The number of benzene rings is 1. The van der Waals surface area contributed by atoms with Gasteiger partial charge in [-0.25, -0.2) is 4.79 Å². The van der Waals surface area contributed by atoms with Gasteiger partial charge in [-0.15, -0.1) is 0 Å². The summed E-state index contributed by atoms with van der Waals surface area (Å²) >= 11 is 0. The Morgan fingerprint density at radius 1 is 1.11 bits per heavy atom. The van der Waals surface area contributed by atoms with Crippen molar-refractivity contribution in [3.05, 3.63) is 76.8 Å². The van der Waals surface area contributed by atoms with Gasteiger partial charge in [0.25, 0.3) is 0 Å². The van der Waals surface area contributed by atoms with E-state index in [1.807, 2.05) is 24.3 Å². The molecule has 2 aromatic rings. The Morgan fingerprint density at radius 3 is 2.48 bits per heavy atom. The highest BCUT2D eigenvalue weighted by Gasteiger charge is 2.38. The molecule has 0 saturated heterocycles. The Kier molecular flexibility index (Phi) is 4.33. The highest BCUT2D eigenvalue weighted by Crippen LogP contribution is 2.53. The van der Waals surface area contributed by atoms with E-state index in [1.165, 1.54) is 28.7 Å². The van der Waals surface area contributed by atoms with E-state index in [0.717, 1.165) is 18.6 Å². The fourth-order valence-electron chi connectivity index (χ4n) is 4.50. The third-order valence-electron chi connectivity index (χ3n) is 6.08. The molecule has 0 fully saturated rings. The van der Waals surface area contributed by atoms with Gasteiger partial charge in [-0.3, -0.25) is 0 Å². The summed E-state index contributed by atoms with van der Waals surface area (Å²) in [6.07, 6.45) is 5.62. The van der Waals surface area contributed by atoms with Crippen LogP contribution in [0.3, 0.4) is 0 Å². The van der Waals surface area contributed by atoms with Crippen LogP contribution >= 0.6 is 0 Å². The molecule has 1 heterocycles. The van der Waals surface area contributed by atoms with E-state index in [0.29, 0.717) is 11.3 Å². The van der Waals surface area contributed by atoms with Gasteiger partial charge in [-0.1, -0.05) is 62.8 Å². The second kappa shape index (κ2) is 6.56. The first-order valence-electron chi connectivity index (χ1n) is 9.66. The van der Waals surface area contributed by atoms with Gasteiger partial charge in [0.1, 0.15) is 5.76 Å². The maximum Gasteiger partial charge on any atom is 0.371 e. The van der Waals surface area contributed by atoms with Crippen molar-refractivity contribution in [3.63, 3.8) is 0 Å². The maximum atomic E-state index is 11.3. The number of rotatable bonds is 3. The molecule has 2 aliphatic rings. The van der Waals surface area contributed by atoms with Crippen molar-refractivity contribution < 1.29 is 14.3 Å². The zero-order chi connectivity index (χ0) is 19.2. The zero-order valence-electron chi connectivity index (χ0n) is 16.2. The molecule has 2 atom stereocenters. The average Bonchev–Trinajstić information content (AvgIpc) is 3.25. The van der Waals surface area contributed by atoms with Crippen molar-refractivity contribution in [3.8, 4) is 0 Å². The van der Waals surface area contributed by atoms with Crippen molar-refractivity contribution >= 4 is 11.5 Å². The molecule has 0 saturated carbocycles. The second-order valence-electron chi connectivity index (χ2n) is 8.76. The quantitative estimate of drug-likeness (QED) is 0.697. The number of hydrogen-bond acceptors (Lipinski definition) is 2. The van der Waals surface area contributed by atoms with Gasteiger partial charge in [-0.05, 0) is 59.4 Å². The number of allylic oxidation sites excluding steroid dienone is 4. The van der Waals surface area contributed by atoms with E-state index in [4.69, 9.17) is 4.42 Å². The van der Waals surface area contributed by atoms with Gasteiger partial charge in [0.2, 0.25) is 5.76 Å². The van der Waals surface area contributed by atoms with Gasteiger partial charge in [0, 0.05) is 0 Å². The summed E-state index contributed by atoms with van der Waals surface area (Å²) in [5.41, 5.74) is 5.51. The molecule has 0 aliphatic heterocycles. The fraction of sp³-hybridized carbons (Fsp3) is 0.375. The molecule has 0 bridgehead atoms. The lowest BCUT2D eigenvalue weighted by molar-refractivity contribution is 0.0660. The van der Waals surface area contributed by atoms with Crippen molar-refractivity contribution in [2.24, 2.45) is 11.3 Å². The summed E-state index contributed by atoms with van der Waals surface area (Å²) in [5.74, 6) is 0.414. The van der Waals surface area contributed by atoms with Crippen LogP contribution in [-0.2, 0) is 0 Å². The number of carboxylic acids is 1. The number of aromatic carboxylic acids is 1. The SMILES string of the molecule is CC(C)(C)C1CCC2=C(C=C(c3ccccc3)C2c2ccc(C(=O)O)o2)C1. The maximum absolute atomic E-state index is 11.3. The lowest BCUT2D eigenvalue weighted by atomic mass is 9.70. The van der Waals surface area contributed by atoms with Crippen molar-refractivity contribution in [2.75, 3.05) is 0 Å². The minimum Gasteiger partial charge on any atom is -0.475 e. The third kappa shape index (κ3) is 3.27. The van der Waals surface area contributed by atoms with E-state index < -0.39 is 5.97 Å². The predicted octanol–water partition coefficient (Wildman–Crippen LogP) is 6.30. The fourth-order valence-corrected chi connectivity index (χ4v) is 4.50. The molecule has 1 aromatic carbocycles. The van der Waals surface area contributed by atoms with E-state index in [9.17, 15) is 9.90 Å². The summed E-state index contributed by atoms with van der Waals surface area (Å²) in [7, 11) is 0. The molecule has 2 aliphatic carbocycles. The molecule has 0 amide bonds. The topological polar surface area (TPSA) is 50.4 Å². The van der Waals surface area contributed by atoms with Crippen LogP contribution in [0.1, 0.15) is 67.8 Å². The van der Waals surface area contributed by atoms with Gasteiger partial charge in [0.05, 0.1) is 5.92 Å². The number of hydrogen-bond donors (Lipinski definition) is 1. The number of carboxylic acid groups (broad SMARTS) is 1. The summed E-state index contributed by atoms with van der Waals surface area (Å²) < 4.78 is 5.75. The number of furan rings is 1. The Morgan fingerprint density at radius 2 is 1.85 bits per heavy atom. The summed E-state index contributed by atoms with van der Waals surface area (Å²) in [5, 5.41) is 9.26. The van der Waals surface area contributed by atoms with E-state index in [1.54, 1.807) is 6.07 Å². The normalized spacial score (nSPS) is 22.6. The Labute approximate surface area is 160 Å². The van der Waals surface area contributed by atoms with Gasteiger partial charge < -0.3 is 9.52 Å². The molecule has 4 rings (SSSR count). The molecule has 1 N–H and O–H groups in total. The van der Waals surface area contributed by atoms with Gasteiger partial charge in [-0.2, -0.15) is 0 Å². The molecular formula is C24H26O3. The largest absolute Gasteiger partial charge is 0.475 e. The number of carbonyl (C=O) groups is 1. The zero-order valence-corrected chi connectivity index (χ0v) is 16.2. The first-order valence-corrected chi connectivity index (χ1v) is 9.66. The van der Waals surface area contributed by atoms with E-state index >= 15 is 0 Å². The Balaban J connectivity index is 1.77. The first kappa shape index (κ1) is 17.8. The minimum absolute atomic E-state index is 0.00911. The van der Waals surface area contributed by atoms with Crippen LogP contribution < -0.4 is 0 Å². The molecule has 27 heavy (non-hydrogen) atoms. The van der Waals surface area contributed by atoms with Crippen molar-refractivity contribution in [1.82, 2.24) is 0 Å². The lowest BCUT2D eigenvalue weighted by Crippen LogP contribution is -2.24. The molecule has 0 radical (unpaired) electrons. The highest BCUT2D eigenvalue weighted by atomic mass is 16.4. The van der Waals surface area contributed by atoms with Gasteiger partial charge in [0.15, 0.2) is 0 Å². The molecule has 3 heteroatoms. The predicted molar refractivity (Wildman–Crippen MR) is 107 cm³/mol. The van der Waals surface area contributed by atoms with E-state index in [2.05, 4.69) is 39.0 Å². The van der Waals surface area contributed by atoms with Crippen molar-refractivity contribution in [2.45, 2.75) is 46.0 Å². The first-order chi connectivity index (χ1) is 12.8. The molecule has 2 unspecified atom stereocenters. The standard InChI is InChI=1S/C24H26O3/c1-24(2,3)17-9-10-18-16(13-17)14-19(15-7-5-4-6-8-15)22(18)20-11-12-21(27-20)23(25)26/h4-8,11-12,14,17,22H,9-10,13H2,1-3H3,(H,25,26). The molecular weight excluding hydrogens is 336 g/mol. The second-order valence-corrected chi connectivity index (χ2v) is 8.76. The molecule has 1 aromatic heterocycles. The average molecular weight is 362 g/mol. The molecule has 140 valence electrons. The smallest absolute Gasteiger partial charge is 0.371 e. The van der Waals surface area contributed by atoms with Crippen LogP contribution in [0, 0.1) is 11.3 Å². The third-order valence-corrected chi connectivity index (χ3v) is 6.08. The van der Waals surface area contributed by atoms with Crippen LogP contribution in [-0.4, -0.2) is 11.1 Å². The van der Waals surface area contributed by atoms with Crippen LogP contribution in [0.4, 0.5) is 0 Å². The molecule has 3 nitrogen and oxygen atoms in total. The van der Waals surface area contributed by atoms with Crippen LogP contribution in [0.5, 0.6) is 0 Å². The lowest BCUT2D eigenvalue weighted by Gasteiger charge is -2.35. The minimum atomic E-state index is -1.02. The summed E-state index contributed by atoms with van der Waals surface area (Å²) in [4.78, 5) is 11.3. The van der Waals surface area contributed by atoms with Gasteiger partial charge >= 0.3 is 5.97 Å². The van der Waals surface area contributed by atoms with Crippen LogP contribution in [0.2, 0.25) is 0 Å². The van der Waals surface area contributed by atoms with Crippen LogP contribution in [0.15, 0.2) is 64.1 Å². The van der Waals surface area contributed by atoms with Crippen LogP contribution in [0.25, 0.3) is 5.57 Å².